The van der Waals surface area contributed by atoms with Gasteiger partial charge >= 0.3 is 5.97 Å². The Kier molecular flexibility index (Phi) is 4.69. The van der Waals surface area contributed by atoms with Crippen molar-refractivity contribution in [2.24, 2.45) is 0 Å². The Balaban J connectivity index is 1.85. The van der Waals surface area contributed by atoms with Crippen LogP contribution < -0.4 is 4.74 Å². The summed E-state index contributed by atoms with van der Waals surface area (Å²) in [5.41, 5.74) is 0.595. The van der Waals surface area contributed by atoms with Gasteiger partial charge in [-0.05, 0) is 37.6 Å². The predicted octanol–water partition coefficient (Wildman–Crippen LogP) is 1.51. The second-order valence-corrected chi connectivity index (χ2v) is 6.43. The number of nitrogens with zero attached hydrogens (tertiary/aromatic N) is 3. The number of ether oxygens (including phenoxy) is 2. The Morgan fingerprint density at radius 3 is 2.81 bits per heavy atom. The van der Waals surface area contributed by atoms with Crippen LogP contribution in [0.25, 0.3) is 5.69 Å². The molecule has 2 heterocycles. The van der Waals surface area contributed by atoms with Crippen molar-refractivity contribution in [3.8, 4) is 11.4 Å². The summed E-state index contributed by atoms with van der Waals surface area (Å²) in [5, 5.41) is 13.7. The van der Waals surface area contributed by atoms with Crippen molar-refractivity contribution in [2.75, 3.05) is 26.8 Å². The summed E-state index contributed by atoms with van der Waals surface area (Å²) in [7, 11) is 1.57. The molecule has 1 aromatic heterocycles. The van der Waals surface area contributed by atoms with Crippen molar-refractivity contribution in [3.05, 3.63) is 41.7 Å². The molecule has 1 N–H and O–H groups in total. The molecule has 0 bridgehead atoms. The zero-order valence-corrected chi connectivity index (χ0v) is 14.9. The molecule has 26 heavy (non-hydrogen) atoms. The maximum atomic E-state index is 12.7. The van der Waals surface area contributed by atoms with Gasteiger partial charge in [0.2, 0.25) is 0 Å². The van der Waals surface area contributed by atoms with Crippen LogP contribution in [0.15, 0.2) is 30.5 Å². The molecule has 138 valence electrons. The minimum absolute atomic E-state index is 0.0260. The van der Waals surface area contributed by atoms with E-state index in [9.17, 15) is 14.7 Å². The summed E-state index contributed by atoms with van der Waals surface area (Å²) < 4.78 is 12.3. The summed E-state index contributed by atoms with van der Waals surface area (Å²) in [4.78, 5) is 25.6. The third-order valence-corrected chi connectivity index (χ3v) is 4.40. The number of hydrogen-bond donors (Lipinski definition) is 1. The molecule has 1 aliphatic rings. The molecule has 1 atom stereocenters. The molecular weight excluding hydrogens is 338 g/mol. The number of aryl methyl sites for hydroxylation is 1. The van der Waals surface area contributed by atoms with Gasteiger partial charge < -0.3 is 19.5 Å². The molecule has 1 unspecified atom stereocenters. The Hall–Kier alpha value is -2.87. The zero-order valence-electron chi connectivity index (χ0n) is 14.9. The van der Waals surface area contributed by atoms with Crippen molar-refractivity contribution >= 4 is 11.9 Å². The highest BCUT2D eigenvalue weighted by molar-refractivity contribution is 5.93. The van der Waals surface area contributed by atoms with Crippen LogP contribution in [0.3, 0.4) is 0 Å². The van der Waals surface area contributed by atoms with Gasteiger partial charge in [-0.15, -0.1) is 0 Å². The lowest BCUT2D eigenvalue weighted by Crippen LogP contribution is -2.56. The van der Waals surface area contributed by atoms with E-state index >= 15 is 0 Å². The van der Waals surface area contributed by atoms with Gasteiger partial charge in [-0.2, -0.15) is 5.10 Å². The molecule has 8 nitrogen and oxygen atoms in total. The lowest BCUT2D eigenvalue weighted by Gasteiger charge is -2.37. The quantitative estimate of drug-likeness (QED) is 0.889. The highest BCUT2D eigenvalue weighted by Crippen LogP contribution is 2.24. The topological polar surface area (TPSA) is 93.9 Å². The number of benzene rings is 1. The molecule has 0 radical (unpaired) electrons. The third-order valence-electron chi connectivity index (χ3n) is 4.40. The van der Waals surface area contributed by atoms with Crippen molar-refractivity contribution in [2.45, 2.75) is 19.4 Å². The van der Waals surface area contributed by atoms with E-state index in [1.165, 1.54) is 11.8 Å². The van der Waals surface area contributed by atoms with Crippen LogP contribution in [-0.4, -0.2) is 64.1 Å². The van der Waals surface area contributed by atoms with E-state index in [2.05, 4.69) is 5.10 Å². The highest BCUT2D eigenvalue weighted by atomic mass is 16.5. The van der Waals surface area contributed by atoms with Crippen LogP contribution >= 0.6 is 0 Å². The van der Waals surface area contributed by atoms with Crippen LogP contribution in [0.2, 0.25) is 0 Å². The normalized spacial score (nSPS) is 20.0. The number of carbonyl (C=O) groups is 2. The number of hydrogen-bond acceptors (Lipinski definition) is 5. The standard InChI is InChI=1S/C18H21N3O5/c1-12-4-5-15(25-3)14(10-12)21-7-6-13(19-21)16(22)20-8-9-26-18(2,11-20)17(23)24/h4-7,10H,8-9,11H2,1-3H3,(H,23,24). The third kappa shape index (κ3) is 3.28. The number of carboxylic acid groups (broad SMARTS) is 1. The van der Waals surface area contributed by atoms with Gasteiger partial charge in [0.15, 0.2) is 11.3 Å². The lowest BCUT2D eigenvalue weighted by molar-refractivity contribution is -0.171. The summed E-state index contributed by atoms with van der Waals surface area (Å²) in [5.74, 6) is -0.779. The van der Waals surface area contributed by atoms with Crippen LogP contribution in [0, 0.1) is 6.92 Å². The van der Waals surface area contributed by atoms with E-state index in [-0.39, 0.29) is 24.8 Å². The molecule has 1 saturated heterocycles. The SMILES string of the molecule is COc1ccc(C)cc1-n1ccc(C(=O)N2CCOC(C)(C(=O)O)C2)n1. The van der Waals surface area contributed by atoms with Crippen LogP contribution in [-0.2, 0) is 9.53 Å². The smallest absolute Gasteiger partial charge is 0.337 e. The Morgan fingerprint density at radius 1 is 1.35 bits per heavy atom. The highest BCUT2D eigenvalue weighted by Gasteiger charge is 2.41. The molecule has 1 amide bonds. The molecule has 0 spiro atoms. The molecule has 1 fully saturated rings. The summed E-state index contributed by atoms with van der Waals surface area (Å²) >= 11 is 0. The zero-order chi connectivity index (χ0) is 18.9. The van der Waals surface area contributed by atoms with Gasteiger partial charge in [-0.1, -0.05) is 6.07 Å². The van der Waals surface area contributed by atoms with Crippen molar-refractivity contribution < 1.29 is 24.2 Å². The molecule has 1 aliphatic heterocycles. The monoisotopic (exact) mass is 359 g/mol. The van der Waals surface area contributed by atoms with E-state index in [4.69, 9.17) is 9.47 Å². The Labute approximate surface area is 150 Å². The van der Waals surface area contributed by atoms with Crippen molar-refractivity contribution in [3.63, 3.8) is 0 Å². The van der Waals surface area contributed by atoms with E-state index in [1.807, 2.05) is 25.1 Å². The maximum Gasteiger partial charge on any atom is 0.337 e. The van der Waals surface area contributed by atoms with Crippen LogP contribution in [0.4, 0.5) is 0 Å². The first-order valence-electron chi connectivity index (χ1n) is 8.21. The van der Waals surface area contributed by atoms with Gasteiger partial charge in [0, 0.05) is 12.7 Å². The molecule has 2 aromatic rings. The minimum atomic E-state index is -1.41. The second-order valence-electron chi connectivity index (χ2n) is 6.43. The Morgan fingerprint density at radius 2 is 2.12 bits per heavy atom. The predicted molar refractivity (Wildman–Crippen MR) is 92.7 cm³/mol. The number of carboxylic acids is 1. The largest absolute Gasteiger partial charge is 0.494 e. The molecule has 8 heteroatoms. The van der Waals surface area contributed by atoms with Crippen LogP contribution in [0.5, 0.6) is 5.75 Å². The average Bonchev–Trinajstić information content (AvgIpc) is 3.11. The number of aromatic nitrogens is 2. The average molecular weight is 359 g/mol. The van der Waals surface area contributed by atoms with E-state index in [0.29, 0.717) is 12.3 Å². The van der Waals surface area contributed by atoms with Crippen molar-refractivity contribution in [1.29, 1.82) is 0 Å². The number of morpholine rings is 1. The number of methoxy groups -OCH3 is 1. The summed E-state index contributed by atoms with van der Waals surface area (Å²) in [6, 6.07) is 7.29. The van der Waals surface area contributed by atoms with Gasteiger partial charge in [-0.25, -0.2) is 9.48 Å². The number of carbonyl (C=O) groups excluding carboxylic acids is 1. The fourth-order valence-electron chi connectivity index (χ4n) is 2.89. The number of rotatable bonds is 4. The summed E-state index contributed by atoms with van der Waals surface area (Å²) in [6.07, 6.45) is 1.68. The molecule has 0 aliphatic carbocycles. The molecular formula is C18H21N3O5. The van der Waals surface area contributed by atoms with Crippen molar-refractivity contribution in [1.82, 2.24) is 14.7 Å². The fourth-order valence-corrected chi connectivity index (χ4v) is 2.89. The first kappa shape index (κ1) is 17.9. The molecule has 0 saturated carbocycles. The minimum Gasteiger partial charge on any atom is -0.494 e. The van der Waals surface area contributed by atoms with Gasteiger partial charge in [0.25, 0.3) is 5.91 Å². The van der Waals surface area contributed by atoms with E-state index < -0.39 is 11.6 Å². The molecule has 1 aromatic carbocycles. The maximum absolute atomic E-state index is 12.7. The molecule has 3 rings (SSSR count). The van der Waals surface area contributed by atoms with Crippen LogP contribution in [0.1, 0.15) is 23.0 Å². The van der Waals surface area contributed by atoms with Gasteiger partial charge in [-0.3, -0.25) is 4.79 Å². The fraction of sp³-hybridized carbons (Fsp3) is 0.389. The number of amides is 1. The second kappa shape index (κ2) is 6.80. The first-order valence-corrected chi connectivity index (χ1v) is 8.21. The van der Waals surface area contributed by atoms with E-state index in [0.717, 1.165) is 11.3 Å². The lowest BCUT2D eigenvalue weighted by atomic mass is 10.0. The Bertz CT molecular complexity index is 847. The van der Waals surface area contributed by atoms with Gasteiger partial charge in [0.05, 0.1) is 20.3 Å². The van der Waals surface area contributed by atoms with E-state index in [1.54, 1.807) is 24.1 Å². The number of aliphatic carboxylic acids is 1. The van der Waals surface area contributed by atoms with Gasteiger partial charge in [0.1, 0.15) is 11.4 Å². The first-order chi connectivity index (χ1) is 12.3. The summed E-state index contributed by atoms with van der Waals surface area (Å²) in [6.45, 7) is 3.88.